The molecule has 1 saturated carbocycles. The Balaban J connectivity index is 0.000000380. The summed E-state index contributed by atoms with van der Waals surface area (Å²) in [5, 5.41) is 8.51. The summed E-state index contributed by atoms with van der Waals surface area (Å²) in [6.45, 7) is 10.3. The highest BCUT2D eigenvalue weighted by molar-refractivity contribution is 6.09. The van der Waals surface area contributed by atoms with Gasteiger partial charge in [-0.25, -0.2) is 9.97 Å². The van der Waals surface area contributed by atoms with Gasteiger partial charge in [-0.15, -0.1) is 0 Å². The van der Waals surface area contributed by atoms with E-state index in [0.29, 0.717) is 0 Å². The predicted octanol–water partition coefficient (Wildman–Crippen LogP) is 6.38. The van der Waals surface area contributed by atoms with Crippen LogP contribution in [0.4, 0.5) is 0 Å². The van der Waals surface area contributed by atoms with Crippen LogP contribution in [0.15, 0.2) is 47.2 Å². The maximum absolute atomic E-state index is 8.51. The predicted molar refractivity (Wildman–Crippen MR) is 140 cm³/mol. The van der Waals surface area contributed by atoms with Crippen molar-refractivity contribution in [2.45, 2.75) is 73.1 Å². The molecule has 0 saturated heterocycles. The van der Waals surface area contributed by atoms with Crippen molar-refractivity contribution in [1.29, 1.82) is 5.26 Å². The molecule has 1 aliphatic carbocycles. The van der Waals surface area contributed by atoms with Crippen molar-refractivity contribution < 1.29 is 0 Å². The van der Waals surface area contributed by atoms with Crippen LogP contribution in [0.5, 0.6) is 0 Å². The minimum atomic E-state index is 0.725. The smallest absolute Gasteiger partial charge is 0.129 e. The highest BCUT2D eigenvalue weighted by atomic mass is 14.9. The normalized spacial score (nSPS) is 18.2. The second kappa shape index (κ2) is 15.7. The van der Waals surface area contributed by atoms with Crippen LogP contribution in [0.3, 0.4) is 0 Å². The van der Waals surface area contributed by atoms with Crippen molar-refractivity contribution in [2.24, 2.45) is 22.6 Å². The van der Waals surface area contributed by atoms with E-state index in [1.165, 1.54) is 31.2 Å². The van der Waals surface area contributed by atoms with E-state index in [4.69, 9.17) is 11.0 Å². The largest absolute Gasteiger partial charge is 0.402 e. The Kier molecular flexibility index (Phi) is 13.4. The first-order valence-electron chi connectivity index (χ1n) is 12.2. The number of nitriles is 1. The molecular weight excluding hydrogens is 406 g/mol. The van der Waals surface area contributed by atoms with Crippen LogP contribution in [-0.2, 0) is 12.8 Å². The van der Waals surface area contributed by atoms with Crippen LogP contribution >= 0.6 is 0 Å². The molecule has 0 aliphatic heterocycles. The fourth-order valence-corrected chi connectivity index (χ4v) is 3.80. The van der Waals surface area contributed by atoms with Gasteiger partial charge in [0.1, 0.15) is 5.82 Å². The molecule has 0 amide bonds. The fourth-order valence-electron chi connectivity index (χ4n) is 3.80. The van der Waals surface area contributed by atoms with Gasteiger partial charge < -0.3 is 5.73 Å². The summed E-state index contributed by atoms with van der Waals surface area (Å²) >= 11 is 0. The summed E-state index contributed by atoms with van der Waals surface area (Å²) in [5.74, 6) is 2.53. The number of benzene rings is 1. The molecule has 0 spiro atoms. The van der Waals surface area contributed by atoms with E-state index in [1.807, 2.05) is 57.3 Å². The van der Waals surface area contributed by atoms with Crippen LogP contribution in [0, 0.1) is 23.2 Å². The maximum atomic E-state index is 8.51. The molecule has 1 aromatic heterocycles. The molecule has 0 bridgehead atoms. The quantitative estimate of drug-likeness (QED) is 0.538. The van der Waals surface area contributed by atoms with E-state index >= 15 is 0 Å². The molecule has 3 rings (SSSR count). The van der Waals surface area contributed by atoms with Crippen molar-refractivity contribution in [3.8, 4) is 6.07 Å². The van der Waals surface area contributed by atoms with Crippen molar-refractivity contribution in [1.82, 2.24) is 9.97 Å². The lowest BCUT2D eigenvalue weighted by Gasteiger charge is -2.25. The number of hydrogen-bond donors (Lipinski definition) is 1. The van der Waals surface area contributed by atoms with Crippen LogP contribution in [-0.4, -0.2) is 23.2 Å². The molecule has 2 aromatic rings. The highest BCUT2D eigenvalue weighted by Gasteiger charge is 2.19. The third-order valence-corrected chi connectivity index (χ3v) is 5.74. The minimum Gasteiger partial charge on any atom is -0.402 e. The molecule has 1 heterocycles. The van der Waals surface area contributed by atoms with E-state index in [0.717, 1.165) is 53.0 Å². The molecule has 33 heavy (non-hydrogen) atoms. The number of aliphatic imine (C=N–C) groups is 1. The molecule has 0 atom stereocenters. The van der Waals surface area contributed by atoms with Gasteiger partial charge in [0.05, 0.1) is 17.3 Å². The van der Waals surface area contributed by atoms with Gasteiger partial charge >= 0.3 is 0 Å². The van der Waals surface area contributed by atoms with Crippen LogP contribution in [0.1, 0.15) is 82.9 Å². The van der Waals surface area contributed by atoms with Gasteiger partial charge in [-0.2, -0.15) is 5.26 Å². The topological polar surface area (TPSA) is 88.0 Å². The third-order valence-electron chi connectivity index (χ3n) is 5.74. The minimum absolute atomic E-state index is 0.725. The second-order valence-electron chi connectivity index (χ2n) is 8.34. The summed E-state index contributed by atoms with van der Waals surface area (Å²) in [7, 11) is 1.74. The summed E-state index contributed by atoms with van der Waals surface area (Å²) in [6, 6.07) is 11.7. The zero-order valence-corrected chi connectivity index (χ0v) is 21.3. The first kappa shape index (κ1) is 28.0. The maximum Gasteiger partial charge on any atom is 0.129 e. The molecule has 1 fully saturated rings. The SMILES string of the molecule is CC.CCc1cccc(C#N)c1.CN=C/C(=C(\C)N)c1ccnc(CC2CCC(C)CC2)n1. The highest BCUT2D eigenvalue weighted by Crippen LogP contribution is 2.30. The lowest BCUT2D eigenvalue weighted by molar-refractivity contribution is 0.286. The second-order valence-corrected chi connectivity index (χ2v) is 8.34. The first-order valence-corrected chi connectivity index (χ1v) is 12.2. The Morgan fingerprint density at radius 2 is 1.91 bits per heavy atom. The van der Waals surface area contributed by atoms with Gasteiger partial charge in [0, 0.05) is 37.2 Å². The average Bonchev–Trinajstić information content (AvgIpc) is 2.85. The van der Waals surface area contributed by atoms with Gasteiger partial charge in [-0.3, -0.25) is 4.99 Å². The van der Waals surface area contributed by atoms with Gasteiger partial charge in [0.25, 0.3) is 0 Å². The molecule has 5 heteroatoms. The standard InChI is InChI=1S/C17H26N4.C9H9N.C2H6/c1-12-4-6-14(7-5-12)10-17-20-9-8-16(21-17)15(11-19-3)13(2)18;1-2-8-4-3-5-9(6-8)7-10;1-2/h8-9,11-12,14H,4-7,10,18H2,1-3H3;3-6H,2H2,1H3;1-2H3/b15-13-,19-11?;;. The van der Waals surface area contributed by atoms with Gasteiger partial charge in [-0.05, 0) is 61.8 Å². The first-order chi connectivity index (χ1) is 16.0. The van der Waals surface area contributed by atoms with Crippen molar-refractivity contribution in [2.75, 3.05) is 7.05 Å². The van der Waals surface area contributed by atoms with E-state index in [1.54, 1.807) is 13.3 Å². The summed E-state index contributed by atoms with van der Waals surface area (Å²) < 4.78 is 0. The van der Waals surface area contributed by atoms with E-state index in [2.05, 4.69) is 34.9 Å². The van der Waals surface area contributed by atoms with Crippen LogP contribution in [0.25, 0.3) is 5.57 Å². The lowest BCUT2D eigenvalue weighted by atomic mass is 9.81. The Morgan fingerprint density at radius 3 is 2.48 bits per heavy atom. The fraction of sp³-hybridized carbons (Fsp3) is 0.500. The number of nitrogens with two attached hydrogens (primary N) is 1. The van der Waals surface area contributed by atoms with E-state index < -0.39 is 0 Å². The zero-order valence-electron chi connectivity index (χ0n) is 21.3. The third kappa shape index (κ3) is 9.99. The van der Waals surface area contributed by atoms with Crippen molar-refractivity contribution >= 4 is 11.8 Å². The zero-order chi connectivity index (χ0) is 24.6. The van der Waals surface area contributed by atoms with Gasteiger partial charge in [0.15, 0.2) is 0 Å². The van der Waals surface area contributed by atoms with Crippen LogP contribution < -0.4 is 5.73 Å². The lowest BCUT2D eigenvalue weighted by Crippen LogP contribution is -2.16. The number of allylic oxidation sites excluding steroid dienone is 2. The van der Waals surface area contributed by atoms with Gasteiger partial charge in [0.2, 0.25) is 0 Å². The van der Waals surface area contributed by atoms with Gasteiger partial charge in [-0.1, -0.05) is 52.7 Å². The summed E-state index contributed by atoms with van der Waals surface area (Å²) in [6.07, 6.45) is 10.8. The Morgan fingerprint density at radius 1 is 1.21 bits per heavy atom. The average molecular weight is 448 g/mol. The molecule has 5 nitrogen and oxygen atoms in total. The Bertz CT molecular complexity index is 927. The molecule has 1 aliphatic rings. The van der Waals surface area contributed by atoms with E-state index in [9.17, 15) is 0 Å². The molecule has 2 N–H and O–H groups in total. The molecule has 178 valence electrons. The molecular formula is C28H41N5. The monoisotopic (exact) mass is 447 g/mol. The number of rotatable bonds is 5. The van der Waals surface area contributed by atoms with Crippen LogP contribution in [0.2, 0.25) is 0 Å². The summed E-state index contributed by atoms with van der Waals surface area (Å²) in [5.41, 5.74) is 10.4. The Hall–Kier alpha value is -3.00. The summed E-state index contributed by atoms with van der Waals surface area (Å²) in [4.78, 5) is 13.2. The van der Waals surface area contributed by atoms with Crippen molar-refractivity contribution in [3.63, 3.8) is 0 Å². The van der Waals surface area contributed by atoms with Crippen molar-refractivity contribution in [3.05, 3.63) is 64.9 Å². The number of nitrogens with zero attached hydrogens (tertiary/aromatic N) is 4. The number of hydrogen-bond acceptors (Lipinski definition) is 5. The number of aromatic nitrogens is 2. The Labute approximate surface area is 200 Å². The molecule has 1 aromatic carbocycles. The molecule has 0 radical (unpaired) electrons. The van der Waals surface area contributed by atoms with E-state index in [-0.39, 0.29) is 0 Å². The number of aryl methyl sites for hydroxylation is 1. The molecule has 0 unspecified atom stereocenters.